The Bertz CT molecular complexity index is 253. The van der Waals surface area contributed by atoms with E-state index in [0.29, 0.717) is 19.6 Å². The van der Waals surface area contributed by atoms with Crippen molar-refractivity contribution in [2.45, 2.75) is 85.1 Å². The van der Waals surface area contributed by atoms with Gasteiger partial charge in [-0.05, 0) is 20.3 Å². The van der Waals surface area contributed by atoms with Gasteiger partial charge in [0, 0.05) is 26.2 Å². The number of carbonyl (C=O) groups excluding carboxylic acids is 1. The van der Waals surface area contributed by atoms with Gasteiger partial charge < -0.3 is 13.3 Å². The van der Waals surface area contributed by atoms with Crippen LogP contribution in [-0.2, 0) is 18.1 Å². The second kappa shape index (κ2) is 13.3. The number of unbranched alkanes of at least 4 members (excludes halogenated alkanes) is 7. The summed E-state index contributed by atoms with van der Waals surface area (Å²) in [6.45, 7) is 8.80. The summed E-state index contributed by atoms with van der Waals surface area (Å²) in [5.74, 6) is -0.183. The van der Waals surface area contributed by atoms with Crippen LogP contribution in [0.15, 0.2) is 0 Å². The summed E-state index contributed by atoms with van der Waals surface area (Å²) in [5, 5.41) is 0. The molecule has 0 aromatic heterocycles. The Balaban J connectivity index is 3.68. The summed E-state index contributed by atoms with van der Waals surface area (Å²) >= 11 is 0. The van der Waals surface area contributed by atoms with Crippen LogP contribution in [0.25, 0.3) is 0 Å². The third-order valence-electron chi connectivity index (χ3n) is 3.35. The molecule has 0 radical (unpaired) electrons. The molecule has 0 aliphatic heterocycles. The fourth-order valence-corrected chi connectivity index (χ4v) is 4.05. The molecule has 0 N–H and O–H groups in total. The predicted octanol–water partition coefficient (Wildman–Crippen LogP) is 4.70. The van der Waals surface area contributed by atoms with E-state index >= 15 is 0 Å². The van der Waals surface area contributed by atoms with E-state index in [1.54, 1.807) is 6.55 Å². The van der Waals surface area contributed by atoms with Crippen LogP contribution < -0.4 is 0 Å². The summed E-state index contributed by atoms with van der Waals surface area (Å²) in [6, 6.07) is 0. The first-order valence-corrected chi connectivity index (χ1v) is 10.8. The van der Waals surface area contributed by atoms with Gasteiger partial charge in [-0.1, -0.05) is 51.9 Å². The highest BCUT2D eigenvalue weighted by atomic mass is 28.4. The predicted molar refractivity (Wildman–Crippen MR) is 88.2 cm³/mol. The van der Waals surface area contributed by atoms with Crippen LogP contribution in [0.3, 0.4) is 0 Å². The van der Waals surface area contributed by atoms with Gasteiger partial charge in [0.25, 0.3) is 5.97 Å². The molecule has 0 spiro atoms. The van der Waals surface area contributed by atoms with Crippen molar-refractivity contribution in [1.82, 2.24) is 0 Å². The topological polar surface area (TPSA) is 44.8 Å². The average Bonchev–Trinajstić information content (AvgIpc) is 2.42. The molecular formula is C16H34O4Si. The molecule has 0 aliphatic carbocycles. The Hall–Kier alpha value is -0.393. The zero-order valence-electron chi connectivity index (χ0n) is 14.4. The van der Waals surface area contributed by atoms with Crippen molar-refractivity contribution < 1.29 is 18.1 Å². The molecule has 0 aromatic carbocycles. The lowest BCUT2D eigenvalue weighted by atomic mass is 10.1. The Morgan fingerprint density at radius 2 is 1.29 bits per heavy atom. The number of carbonyl (C=O) groups is 1. The number of hydrogen-bond donors (Lipinski definition) is 0. The van der Waals surface area contributed by atoms with Crippen LogP contribution in [0, 0.1) is 0 Å². The summed E-state index contributed by atoms with van der Waals surface area (Å²) in [6.07, 6.45) is 10.2. The summed E-state index contributed by atoms with van der Waals surface area (Å²) in [7, 11) is -2.75. The van der Waals surface area contributed by atoms with Crippen LogP contribution in [0.1, 0.15) is 78.6 Å². The first-order chi connectivity index (χ1) is 10.1. The molecule has 0 unspecified atom stereocenters. The van der Waals surface area contributed by atoms with Gasteiger partial charge in [-0.15, -0.1) is 0 Å². The highest BCUT2D eigenvalue weighted by molar-refractivity contribution is 6.60. The standard InChI is InChI=1S/C16H34O4Si/c1-5-8-9-10-11-12-13-14-15-16(17)20-21(4,18-6-2)19-7-3/h5-15H2,1-4H3. The van der Waals surface area contributed by atoms with Crippen LogP contribution in [0.5, 0.6) is 0 Å². The SMILES string of the molecule is CCCCCCCCCCC(=O)O[Si](C)(OCC)OCC. The van der Waals surface area contributed by atoms with Gasteiger partial charge in [-0.3, -0.25) is 4.79 Å². The summed E-state index contributed by atoms with van der Waals surface area (Å²) < 4.78 is 16.4. The Morgan fingerprint density at radius 3 is 1.76 bits per heavy atom. The molecule has 0 atom stereocenters. The molecule has 0 heterocycles. The van der Waals surface area contributed by atoms with E-state index in [2.05, 4.69) is 6.92 Å². The zero-order valence-corrected chi connectivity index (χ0v) is 15.4. The molecule has 4 nitrogen and oxygen atoms in total. The molecule has 0 fully saturated rings. The monoisotopic (exact) mass is 318 g/mol. The lowest BCUT2D eigenvalue weighted by molar-refractivity contribution is -0.139. The Morgan fingerprint density at radius 1 is 0.810 bits per heavy atom. The molecule has 21 heavy (non-hydrogen) atoms. The average molecular weight is 319 g/mol. The smallest absolute Gasteiger partial charge is 0.473 e. The lowest BCUT2D eigenvalue weighted by Crippen LogP contribution is -2.44. The largest absolute Gasteiger partial charge is 0.564 e. The molecule has 5 heteroatoms. The first kappa shape index (κ1) is 20.6. The van der Waals surface area contributed by atoms with Crippen LogP contribution in [0.4, 0.5) is 0 Å². The third-order valence-corrected chi connectivity index (χ3v) is 5.57. The molecule has 0 bridgehead atoms. The maximum Gasteiger partial charge on any atom is 0.564 e. The minimum atomic E-state index is -2.75. The van der Waals surface area contributed by atoms with Crippen molar-refractivity contribution in [2.75, 3.05) is 13.2 Å². The minimum Gasteiger partial charge on any atom is -0.473 e. The van der Waals surface area contributed by atoms with E-state index in [4.69, 9.17) is 13.3 Å². The third kappa shape index (κ3) is 11.9. The van der Waals surface area contributed by atoms with E-state index < -0.39 is 8.80 Å². The van der Waals surface area contributed by atoms with Crippen LogP contribution in [-0.4, -0.2) is 28.0 Å². The molecule has 0 saturated heterocycles. The van der Waals surface area contributed by atoms with Gasteiger partial charge in [0.05, 0.1) is 0 Å². The summed E-state index contributed by atoms with van der Waals surface area (Å²) in [4.78, 5) is 11.8. The first-order valence-electron chi connectivity index (χ1n) is 8.57. The minimum absolute atomic E-state index is 0.183. The molecule has 0 aromatic rings. The molecule has 0 amide bonds. The van der Waals surface area contributed by atoms with Crippen molar-refractivity contribution in [3.05, 3.63) is 0 Å². The van der Waals surface area contributed by atoms with Gasteiger partial charge in [-0.25, -0.2) is 0 Å². The second-order valence-corrected chi connectivity index (χ2v) is 7.93. The second-order valence-electron chi connectivity index (χ2n) is 5.43. The van der Waals surface area contributed by atoms with Crippen LogP contribution >= 0.6 is 0 Å². The van der Waals surface area contributed by atoms with Gasteiger partial charge in [0.2, 0.25) is 0 Å². The fourth-order valence-electron chi connectivity index (χ4n) is 2.29. The van der Waals surface area contributed by atoms with E-state index in [1.807, 2.05) is 13.8 Å². The van der Waals surface area contributed by atoms with E-state index in [1.165, 1.54) is 38.5 Å². The van der Waals surface area contributed by atoms with Crippen molar-refractivity contribution in [3.8, 4) is 0 Å². The van der Waals surface area contributed by atoms with Crippen molar-refractivity contribution >= 4 is 14.8 Å². The van der Waals surface area contributed by atoms with Crippen molar-refractivity contribution in [2.24, 2.45) is 0 Å². The van der Waals surface area contributed by atoms with Gasteiger partial charge in [0.1, 0.15) is 0 Å². The van der Waals surface area contributed by atoms with Crippen molar-refractivity contribution in [3.63, 3.8) is 0 Å². The normalized spacial score (nSPS) is 11.6. The lowest BCUT2D eigenvalue weighted by Gasteiger charge is -2.24. The van der Waals surface area contributed by atoms with E-state index in [-0.39, 0.29) is 5.97 Å². The molecule has 0 rings (SSSR count). The Kier molecular flexibility index (Phi) is 13.0. The zero-order chi connectivity index (χ0) is 16.0. The number of rotatable bonds is 14. The molecule has 0 aliphatic rings. The molecule has 126 valence electrons. The fraction of sp³-hybridized carbons (Fsp3) is 0.938. The molecular weight excluding hydrogens is 284 g/mol. The molecule has 0 saturated carbocycles. The van der Waals surface area contributed by atoms with Gasteiger partial charge in [-0.2, -0.15) is 0 Å². The highest BCUT2D eigenvalue weighted by Gasteiger charge is 2.38. The Labute approximate surface area is 131 Å². The highest BCUT2D eigenvalue weighted by Crippen LogP contribution is 2.13. The van der Waals surface area contributed by atoms with Gasteiger partial charge >= 0.3 is 8.80 Å². The van der Waals surface area contributed by atoms with Gasteiger partial charge in [0.15, 0.2) is 0 Å². The maximum absolute atomic E-state index is 11.8. The van der Waals surface area contributed by atoms with E-state index in [9.17, 15) is 4.79 Å². The maximum atomic E-state index is 11.8. The summed E-state index contributed by atoms with van der Waals surface area (Å²) in [5.41, 5.74) is 0. The van der Waals surface area contributed by atoms with E-state index in [0.717, 1.165) is 12.8 Å². The number of hydrogen-bond acceptors (Lipinski definition) is 4. The van der Waals surface area contributed by atoms with Crippen molar-refractivity contribution in [1.29, 1.82) is 0 Å². The quantitative estimate of drug-likeness (QED) is 0.344. The van der Waals surface area contributed by atoms with Crippen LogP contribution in [0.2, 0.25) is 6.55 Å².